The van der Waals surface area contributed by atoms with Crippen LogP contribution in [0.1, 0.15) is 16.1 Å². The first-order chi connectivity index (χ1) is 6.33. The molecule has 4 heteroatoms. The minimum absolute atomic E-state index is 0.363. The molecule has 1 aromatic rings. The molecule has 0 fully saturated rings. The van der Waals surface area contributed by atoms with Gasteiger partial charge in [0.2, 0.25) is 0 Å². The monoisotopic (exact) mass is 176 g/mol. The topological polar surface area (TPSA) is 51.5 Å². The van der Waals surface area contributed by atoms with E-state index in [2.05, 4.69) is 14.7 Å². The Labute approximate surface area is 75.3 Å². The van der Waals surface area contributed by atoms with Gasteiger partial charge in [0.15, 0.2) is 0 Å². The fourth-order valence-corrected chi connectivity index (χ4v) is 1.29. The van der Waals surface area contributed by atoms with Crippen molar-refractivity contribution in [2.45, 2.75) is 6.42 Å². The van der Waals surface area contributed by atoms with E-state index in [4.69, 9.17) is 0 Å². The van der Waals surface area contributed by atoms with Crippen molar-refractivity contribution in [3.63, 3.8) is 0 Å². The summed E-state index contributed by atoms with van der Waals surface area (Å²) in [4.78, 5) is 19.4. The second-order valence-electron chi connectivity index (χ2n) is 2.66. The predicted molar refractivity (Wildman–Crippen MR) is 47.4 cm³/mol. The fraction of sp³-hybridized carbons (Fsp3) is 0.222. The van der Waals surface area contributed by atoms with Crippen LogP contribution in [0, 0.1) is 0 Å². The van der Waals surface area contributed by atoms with Gasteiger partial charge in [-0.05, 0) is 6.07 Å². The van der Waals surface area contributed by atoms with Crippen LogP contribution in [0.25, 0.3) is 0 Å². The molecule has 0 unspecified atom stereocenters. The Morgan fingerprint density at radius 2 is 2.46 bits per heavy atom. The molecule has 1 aromatic heterocycles. The smallest absolute Gasteiger partial charge is 0.340 e. The average Bonchev–Trinajstić information content (AvgIpc) is 2.63. The van der Waals surface area contributed by atoms with Gasteiger partial charge in [-0.2, -0.15) is 0 Å². The summed E-state index contributed by atoms with van der Waals surface area (Å²) in [7, 11) is 1.35. The van der Waals surface area contributed by atoms with E-state index < -0.39 is 0 Å². The van der Waals surface area contributed by atoms with Crippen LogP contribution in [0.2, 0.25) is 0 Å². The van der Waals surface area contributed by atoms with E-state index in [0.717, 1.165) is 5.69 Å². The lowest BCUT2D eigenvalue weighted by Crippen LogP contribution is -2.02. The Morgan fingerprint density at radius 3 is 3.23 bits per heavy atom. The maximum absolute atomic E-state index is 11.2. The van der Waals surface area contributed by atoms with Crippen molar-refractivity contribution in [3.05, 3.63) is 23.5 Å². The molecule has 0 bridgehead atoms. The standard InChI is InChI=1S/C9H8N2O2/c1-13-9(12)6-2-4-10-7-3-5-11-8(6)7/h2,4-5H,3H2,1H3. The summed E-state index contributed by atoms with van der Waals surface area (Å²) in [6.07, 6.45) is 4.03. The number of nitrogens with zero attached hydrogens (tertiary/aromatic N) is 2. The first-order valence-electron chi connectivity index (χ1n) is 3.91. The van der Waals surface area contributed by atoms with Crippen LogP contribution in [0.15, 0.2) is 17.3 Å². The second-order valence-corrected chi connectivity index (χ2v) is 2.66. The highest BCUT2D eigenvalue weighted by Gasteiger charge is 2.17. The van der Waals surface area contributed by atoms with Gasteiger partial charge in [-0.25, -0.2) is 4.79 Å². The van der Waals surface area contributed by atoms with E-state index in [1.165, 1.54) is 7.11 Å². The maximum atomic E-state index is 11.2. The van der Waals surface area contributed by atoms with Gasteiger partial charge in [0, 0.05) is 18.8 Å². The van der Waals surface area contributed by atoms with E-state index in [9.17, 15) is 4.79 Å². The third-order valence-corrected chi connectivity index (χ3v) is 1.91. The summed E-state index contributed by atoms with van der Waals surface area (Å²) in [5.41, 5.74) is 1.97. The zero-order valence-electron chi connectivity index (χ0n) is 7.15. The quantitative estimate of drug-likeness (QED) is 0.602. The molecule has 2 rings (SSSR count). The van der Waals surface area contributed by atoms with Crippen molar-refractivity contribution in [2.24, 2.45) is 4.99 Å². The van der Waals surface area contributed by atoms with Gasteiger partial charge in [-0.1, -0.05) is 0 Å². The number of esters is 1. The molecular formula is C9H8N2O2. The van der Waals surface area contributed by atoms with Crippen molar-refractivity contribution < 1.29 is 9.53 Å². The van der Waals surface area contributed by atoms with Crippen molar-refractivity contribution >= 4 is 17.9 Å². The van der Waals surface area contributed by atoms with Crippen molar-refractivity contribution in [1.29, 1.82) is 0 Å². The Kier molecular flexibility index (Phi) is 1.81. The van der Waals surface area contributed by atoms with Gasteiger partial charge < -0.3 is 4.74 Å². The minimum Gasteiger partial charge on any atom is -0.465 e. The summed E-state index contributed by atoms with van der Waals surface area (Å²) in [5, 5.41) is 0. The number of methoxy groups -OCH3 is 1. The van der Waals surface area contributed by atoms with Gasteiger partial charge in [0.05, 0.1) is 24.1 Å². The number of aliphatic imine (C=N–C) groups is 1. The molecule has 1 aliphatic rings. The molecule has 0 N–H and O–H groups in total. The van der Waals surface area contributed by atoms with Crippen LogP contribution in [0.4, 0.5) is 5.69 Å². The van der Waals surface area contributed by atoms with Crippen LogP contribution in [0.5, 0.6) is 0 Å². The second kappa shape index (κ2) is 2.97. The van der Waals surface area contributed by atoms with E-state index in [-0.39, 0.29) is 5.97 Å². The van der Waals surface area contributed by atoms with Crippen LogP contribution in [-0.2, 0) is 11.2 Å². The zero-order chi connectivity index (χ0) is 9.26. The summed E-state index contributed by atoms with van der Waals surface area (Å²) in [6.45, 7) is 0. The van der Waals surface area contributed by atoms with Crippen molar-refractivity contribution in [1.82, 2.24) is 4.98 Å². The largest absolute Gasteiger partial charge is 0.465 e. The van der Waals surface area contributed by atoms with Crippen LogP contribution in [0.3, 0.4) is 0 Å². The molecule has 0 aromatic carbocycles. The molecule has 0 saturated heterocycles. The third kappa shape index (κ3) is 1.20. The Bertz CT molecular complexity index is 385. The lowest BCUT2D eigenvalue weighted by molar-refractivity contribution is 0.0601. The number of carbonyl (C=O) groups is 1. The lowest BCUT2D eigenvalue weighted by atomic mass is 10.2. The van der Waals surface area contributed by atoms with Gasteiger partial charge in [-0.15, -0.1) is 0 Å². The molecule has 0 aliphatic carbocycles. The van der Waals surface area contributed by atoms with Gasteiger partial charge >= 0.3 is 5.97 Å². The number of hydrogen-bond acceptors (Lipinski definition) is 4. The summed E-state index contributed by atoms with van der Waals surface area (Å²) < 4.78 is 4.62. The number of pyridine rings is 1. The number of hydrogen-bond donors (Lipinski definition) is 0. The normalized spacial score (nSPS) is 12.7. The molecule has 2 heterocycles. The molecule has 0 radical (unpaired) electrons. The van der Waals surface area contributed by atoms with E-state index in [1.54, 1.807) is 18.5 Å². The van der Waals surface area contributed by atoms with Crippen LogP contribution >= 0.6 is 0 Å². The lowest BCUT2D eigenvalue weighted by Gasteiger charge is -2.02. The van der Waals surface area contributed by atoms with Crippen molar-refractivity contribution in [2.75, 3.05) is 7.11 Å². The minimum atomic E-state index is -0.363. The highest BCUT2D eigenvalue weighted by Crippen LogP contribution is 2.26. The Morgan fingerprint density at radius 1 is 1.62 bits per heavy atom. The number of aromatic nitrogens is 1. The highest BCUT2D eigenvalue weighted by atomic mass is 16.5. The molecule has 13 heavy (non-hydrogen) atoms. The van der Waals surface area contributed by atoms with Gasteiger partial charge in [0.25, 0.3) is 0 Å². The molecule has 0 spiro atoms. The average molecular weight is 176 g/mol. The molecular weight excluding hydrogens is 168 g/mol. The molecule has 0 atom stereocenters. The fourth-order valence-electron chi connectivity index (χ4n) is 1.29. The van der Waals surface area contributed by atoms with E-state index >= 15 is 0 Å². The summed E-state index contributed by atoms with van der Waals surface area (Å²) in [6, 6.07) is 1.62. The zero-order valence-corrected chi connectivity index (χ0v) is 7.15. The first kappa shape index (κ1) is 7.91. The maximum Gasteiger partial charge on any atom is 0.340 e. The Hall–Kier alpha value is -1.71. The third-order valence-electron chi connectivity index (χ3n) is 1.91. The highest BCUT2D eigenvalue weighted by molar-refractivity contribution is 5.97. The predicted octanol–water partition coefficient (Wildman–Crippen LogP) is 1.13. The van der Waals surface area contributed by atoms with Gasteiger partial charge in [0.1, 0.15) is 0 Å². The van der Waals surface area contributed by atoms with Crippen LogP contribution in [-0.4, -0.2) is 24.3 Å². The molecule has 0 saturated carbocycles. The molecule has 66 valence electrons. The number of fused-ring (bicyclic) bond motifs is 1. The van der Waals surface area contributed by atoms with E-state index in [1.807, 2.05) is 0 Å². The molecule has 1 aliphatic heterocycles. The van der Waals surface area contributed by atoms with Gasteiger partial charge in [-0.3, -0.25) is 9.98 Å². The Balaban J connectivity index is 2.52. The number of rotatable bonds is 1. The number of ether oxygens (including phenoxy) is 1. The summed E-state index contributed by atoms with van der Waals surface area (Å²) >= 11 is 0. The molecule has 0 amide bonds. The van der Waals surface area contributed by atoms with Crippen molar-refractivity contribution in [3.8, 4) is 0 Å². The van der Waals surface area contributed by atoms with Crippen LogP contribution < -0.4 is 0 Å². The number of carbonyl (C=O) groups excluding carboxylic acids is 1. The molecule has 4 nitrogen and oxygen atoms in total. The van der Waals surface area contributed by atoms with E-state index in [0.29, 0.717) is 17.7 Å². The SMILES string of the molecule is COC(=O)c1ccnc2c1N=CC2. The first-order valence-corrected chi connectivity index (χ1v) is 3.91. The summed E-state index contributed by atoms with van der Waals surface area (Å²) in [5.74, 6) is -0.363.